The first-order valence-electron chi connectivity index (χ1n) is 10.5. The SMILES string of the molecule is CCN(CC)C(=O)c1cc(N)ccc1N1CCN(C(=O)Nc2ccc(C)cc2)CC1. The number of amides is 3. The molecule has 2 aromatic rings. The normalized spacial score (nSPS) is 13.8. The summed E-state index contributed by atoms with van der Waals surface area (Å²) in [5.74, 6) is -0.0122. The van der Waals surface area contributed by atoms with Gasteiger partial charge in [0.25, 0.3) is 5.91 Å². The first-order chi connectivity index (χ1) is 14.4. The molecule has 1 heterocycles. The number of hydrogen-bond donors (Lipinski definition) is 2. The molecule has 30 heavy (non-hydrogen) atoms. The summed E-state index contributed by atoms with van der Waals surface area (Å²) < 4.78 is 0. The van der Waals surface area contributed by atoms with Crippen LogP contribution in [0.3, 0.4) is 0 Å². The molecule has 160 valence electrons. The van der Waals surface area contributed by atoms with Crippen LogP contribution in [0.5, 0.6) is 0 Å². The predicted octanol–water partition coefficient (Wildman–Crippen LogP) is 3.41. The number of benzene rings is 2. The molecule has 0 aliphatic carbocycles. The molecule has 1 saturated heterocycles. The largest absolute Gasteiger partial charge is 0.399 e. The van der Waals surface area contributed by atoms with Gasteiger partial charge in [-0.15, -0.1) is 0 Å². The van der Waals surface area contributed by atoms with Gasteiger partial charge in [-0.25, -0.2) is 4.79 Å². The minimum absolute atomic E-state index is 0.0122. The van der Waals surface area contributed by atoms with Gasteiger partial charge in [0.2, 0.25) is 0 Å². The van der Waals surface area contributed by atoms with Crippen molar-refractivity contribution in [2.24, 2.45) is 0 Å². The fraction of sp³-hybridized carbons (Fsp3) is 0.391. The van der Waals surface area contributed by atoms with E-state index in [1.807, 2.05) is 57.2 Å². The topological polar surface area (TPSA) is 81.9 Å². The maximum atomic E-state index is 13.0. The lowest BCUT2D eigenvalue weighted by molar-refractivity contribution is 0.0773. The molecule has 0 radical (unpaired) electrons. The average Bonchev–Trinajstić information content (AvgIpc) is 2.76. The molecule has 3 amide bonds. The summed E-state index contributed by atoms with van der Waals surface area (Å²) in [7, 11) is 0. The molecule has 0 spiro atoms. The summed E-state index contributed by atoms with van der Waals surface area (Å²) in [6.45, 7) is 9.74. The molecule has 1 aliphatic rings. The lowest BCUT2D eigenvalue weighted by atomic mass is 10.1. The first kappa shape index (κ1) is 21.5. The second-order valence-corrected chi connectivity index (χ2v) is 7.52. The van der Waals surface area contributed by atoms with Crippen LogP contribution < -0.4 is 16.0 Å². The third-order valence-corrected chi connectivity index (χ3v) is 5.51. The third-order valence-electron chi connectivity index (χ3n) is 5.51. The Balaban J connectivity index is 1.68. The molecule has 3 N–H and O–H groups in total. The molecule has 1 fully saturated rings. The number of aryl methyl sites for hydroxylation is 1. The Morgan fingerprint density at radius 3 is 2.23 bits per heavy atom. The van der Waals surface area contributed by atoms with E-state index < -0.39 is 0 Å². The fourth-order valence-electron chi connectivity index (χ4n) is 3.67. The van der Waals surface area contributed by atoms with E-state index in [9.17, 15) is 9.59 Å². The Labute approximate surface area is 178 Å². The van der Waals surface area contributed by atoms with Crippen LogP contribution in [0.4, 0.5) is 21.9 Å². The lowest BCUT2D eigenvalue weighted by Gasteiger charge is -2.37. The maximum absolute atomic E-state index is 13.0. The van der Waals surface area contributed by atoms with E-state index in [0.29, 0.717) is 50.5 Å². The number of nitrogens with two attached hydrogens (primary N) is 1. The molecular formula is C23H31N5O2. The van der Waals surface area contributed by atoms with E-state index in [4.69, 9.17) is 5.73 Å². The van der Waals surface area contributed by atoms with E-state index in [1.54, 1.807) is 15.9 Å². The summed E-state index contributed by atoms with van der Waals surface area (Å²) in [5, 5.41) is 2.95. The van der Waals surface area contributed by atoms with E-state index in [1.165, 1.54) is 0 Å². The summed E-state index contributed by atoms with van der Waals surface area (Å²) in [5.41, 5.74) is 9.99. The zero-order valence-electron chi connectivity index (χ0n) is 18.0. The monoisotopic (exact) mass is 409 g/mol. The van der Waals surface area contributed by atoms with Crippen molar-refractivity contribution < 1.29 is 9.59 Å². The van der Waals surface area contributed by atoms with Crippen LogP contribution in [-0.2, 0) is 0 Å². The van der Waals surface area contributed by atoms with E-state index in [0.717, 1.165) is 16.9 Å². The molecular weight excluding hydrogens is 378 g/mol. The molecule has 0 bridgehead atoms. The van der Waals surface area contributed by atoms with Crippen molar-refractivity contribution in [2.45, 2.75) is 20.8 Å². The Hall–Kier alpha value is -3.22. The number of carbonyl (C=O) groups excluding carboxylic acids is 2. The van der Waals surface area contributed by atoms with Gasteiger partial charge in [-0.2, -0.15) is 0 Å². The van der Waals surface area contributed by atoms with Crippen LogP contribution in [0.15, 0.2) is 42.5 Å². The molecule has 0 saturated carbocycles. The van der Waals surface area contributed by atoms with Crippen molar-refractivity contribution in [2.75, 3.05) is 55.2 Å². The molecule has 0 atom stereocenters. The number of nitrogen functional groups attached to an aromatic ring is 1. The summed E-state index contributed by atoms with van der Waals surface area (Å²) >= 11 is 0. The number of anilines is 3. The van der Waals surface area contributed by atoms with Gasteiger partial charge < -0.3 is 25.8 Å². The second kappa shape index (κ2) is 9.52. The van der Waals surface area contributed by atoms with Gasteiger partial charge in [0.15, 0.2) is 0 Å². The molecule has 0 aromatic heterocycles. The fourth-order valence-corrected chi connectivity index (χ4v) is 3.67. The molecule has 3 rings (SSSR count). The number of piperazine rings is 1. The highest BCUT2D eigenvalue weighted by molar-refractivity contribution is 6.01. The van der Waals surface area contributed by atoms with Crippen molar-refractivity contribution in [1.29, 1.82) is 0 Å². The zero-order valence-corrected chi connectivity index (χ0v) is 18.0. The van der Waals surface area contributed by atoms with Crippen LogP contribution >= 0.6 is 0 Å². The third kappa shape index (κ3) is 4.84. The molecule has 0 unspecified atom stereocenters. The predicted molar refractivity (Wildman–Crippen MR) is 122 cm³/mol. The summed E-state index contributed by atoms with van der Waals surface area (Å²) in [6.07, 6.45) is 0. The smallest absolute Gasteiger partial charge is 0.321 e. The van der Waals surface area contributed by atoms with Gasteiger partial charge >= 0.3 is 6.03 Å². The van der Waals surface area contributed by atoms with Crippen molar-refractivity contribution >= 4 is 29.0 Å². The lowest BCUT2D eigenvalue weighted by Crippen LogP contribution is -2.50. The van der Waals surface area contributed by atoms with Crippen LogP contribution in [-0.4, -0.2) is 61.0 Å². The van der Waals surface area contributed by atoms with E-state index in [-0.39, 0.29) is 11.9 Å². The van der Waals surface area contributed by atoms with E-state index >= 15 is 0 Å². The van der Waals surface area contributed by atoms with Crippen LogP contribution in [0.2, 0.25) is 0 Å². The van der Waals surface area contributed by atoms with Gasteiger partial charge in [0, 0.05) is 56.3 Å². The van der Waals surface area contributed by atoms with Gasteiger partial charge in [-0.1, -0.05) is 17.7 Å². The number of urea groups is 1. The number of rotatable bonds is 5. The van der Waals surface area contributed by atoms with Gasteiger partial charge in [-0.3, -0.25) is 4.79 Å². The van der Waals surface area contributed by atoms with Crippen LogP contribution in [0.1, 0.15) is 29.8 Å². The van der Waals surface area contributed by atoms with Crippen LogP contribution in [0.25, 0.3) is 0 Å². The molecule has 7 heteroatoms. The van der Waals surface area contributed by atoms with Crippen molar-refractivity contribution in [3.05, 3.63) is 53.6 Å². The van der Waals surface area contributed by atoms with Crippen LogP contribution in [0, 0.1) is 6.92 Å². The number of nitrogens with one attached hydrogen (secondary N) is 1. The number of hydrogen-bond acceptors (Lipinski definition) is 4. The van der Waals surface area contributed by atoms with Gasteiger partial charge in [0.05, 0.1) is 5.56 Å². The standard InChI is InChI=1S/C23H31N5O2/c1-4-26(5-2)22(29)20-16-18(24)8-11-21(20)27-12-14-28(15-13-27)23(30)25-19-9-6-17(3)7-10-19/h6-11,16H,4-5,12-15,24H2,1-3H3,(H,25,30). The quantitative estimate of drug-likeness (QED) is 0.742. The number of carbonyl (C=O) groups is 2. The highest BCUT2D eigenvalue weighted by atomic mass is 16.2. The number of nitrogens with zero attached hydrogens (tertiary/aromatic N) is 3. The van der Waals surface area contributed by atoms with Crippen molar-refractivity contribution in [1.82, 2.24) is 9.80 Å². The highest BCUT2D eigenvalue weighted by Crippen LogP contribution is 2.26. The van der Waals surface area contributed by atoms with Gasteiger partial charge in [-0.05, 0) is 51.1 Å². The zero-order chi connectivity index (χ0) is 21.7. The minimum atomic E-state index is -0.102. The van der Waals surface area contributed by atoms with Gasteiger partial charge in [0.1, 0.15) is 0 Å². The molecule has 1 aliphatic heterocycles. The molecule has 7 nitrogen and oxygen atoms in total. The average molecular weight is 410 g/mol. The van der Waals surface area contributed by atoms with Crippen molar-refractivity contribution in [3.8, 4) is 0 Å². The minimum Gasteiger partial charge on any atom is -0.399 e. The Morgan fingerprint density at radius 2 is 1.63 bits per heavy atom. The second-order valence-electron chi connectivity index (χ2n) is 7.52. The Bertz CT molecular complexity index is 885. The van der Waals surface area contributed by atoms with Crippen molar-refractivity contribution in [3.63, 3.8) is 0 Å². The summed E-state index contributed by atoms with van der Waals surface area (Å²) in [6, 6.07) is 13.2. The molecule has 2 aromatic carbocycles. The van der Waals surface area contributed by atoms with E-state index in [2.05, 4.69) is 10.2 Å². The first-order valence-corrected chi connectivity index (χ1v) is 10.5. The Morgan fingerprint density at radius 1 is 1.00 bits per heavy atom. The Kier molecular flexibility index (Phi) is 6.82. The summed E-state index contributed by atoms with van der Waals surface area (Å²) in [4.78, 5) is 31.4. The highest BCUT2D eigenvalue weighted by Gasteiger charge is 2.25. The maximum Gasteiger partial charge on any atom is 0.321 e.